The number of hydrogen-bond acceptors (Lipinski definition) is 5. The van der Waals surface area contributed by atoms with Gasteiger partial charge in [-0.25, -0.2) is 4.79 Å². The monoisotopic (exact) mass is 573 g/mol. The van der Waals surface area contributed by atoms with Gasteiger partial charge in [-0.3, -0.25) is 19.1 Å². The van der Waals surface area contributed by atoms with Crippen LogP contribution in [-0.4, -0.2) is 26.9 Å². The molecule has 2 aromatic heterocycles. The second-order valence-corrected chi connectivity index (χ2v) is 10.1. The predicted octanol–water partition coefficient (Wildman–Crippen LogP) is 5.83. The van der Waals surface area contributed by atoms with Crippen molar-refractivity contribution in [2.24, 2.45) is 0 Å². The van der Waals surface area contributed by atoms with Gasteiger partial charge >= 0.3 is 5.76 Å². The van der Waals surface area contributed by atoms with E-state index in [-0.39, 0.29) is 18.2 Å². The van der Waals surface area contributed by atoms with Crippen LogP contribution in [0, 0.1) is 0 Å². The lowest BCUT2D eigenvalue weighted by molar-refractivity contribution is -0.115. The smallest absolute Gasteiger partial charge is 0.349 e. The first-order valence-electron chi connectivity index (χ1n) is 11.9. The fraction of sp³-hybridized carbons (Fsp3) is 0.143. The van der Waals surface area contributed by atoms with Crippen LogP contribution in [0.3, 0.4) is 0 Å². The number of H-pyrrole nitrogens is 2. The van der Waals surface area contributed by atoms with Crippen molar-refractivity contribution in [2.45, 2.75) is 26.2 Å². The number of fused-ring (bicyclic) bond motifs is 1. The summed E-state index contributed by atoms with van der Waals surface area (Å²) in [4.78, 5) is 43.0. The third-order valence-corrected chi connectivity index (χ3v) is 6.60. The first-order valence-corrected chi connectivity index (χ1v) is 12.7. The molecule has 0 atom stereocenters. The lowest BCUT2D eigenvalue weighted by Gasteiger charge is -2.09. The predicted molar refractivity (Wildman–Crippen MR) is 149 cm³/mol. The maximum atomic E-state index is 13.2. The third-order valence-electron chi connectivity index (χ3n) is 6.11. The summed E-state index contributed by atoms with van der Waals surface area (Å²) in [6.07, 6.45) is 0.235. The van der Waals surface area contributed by atoms with Crippen molar-refractivity contribution in [2.75, 3.05) is 10.6 Å². The quantitative estimate of drug-likeness (QED) is 0.194. The highest BCUT2D eigenvalue weighted by molar-refractivity contribution is 9.10. The van der Waals surface area contributed by atoms with Gasteiger partial charge in [0.2, 0.25) is 5.91 Å². The van der Waals surface area contributed by atoms with E-state index in [1.54, 1.807) is 30.3 Å². The average molecular weight is 574 g/mol. The van der Waals surface area contributed by atoms with Gasteiger partial charge < -0.3 is 15.6 Å². The van der Waals surface area contributed by atoms with E-state index >= 15 is 0 Å². The molecule has 3 aromatic carbocycles. The van der Waals surface area contributed by atoms with Gasteiger partial charge in [0, 0.05) is 15.4 Å². The number of aromatic amines is 2. The summed E-state index contributed by atoms with van der Waals surface area (Å²) < 4.78 is 5.34. The Balaban J connectivity index is 1.35. The minimum absolute atomic E-state index is 0.156. The van der Waals surface area contributed by atoms with Crippen molar-refractivity contribution in [3.8, 4) is 11.4 Å². The van der Waals surface area contributed by atoms with Crippen molar-refractivity contribution in [3.05, 3.63) is 98.6 Å². The molecule has 5 aromatic rings. The zero-order valence-corrected chi connectivity index (χ0v) is 22.2. The molecule has 2 heterocycles. The first kappa shape index (κ1) is 25.2. The number of benzene rings is 3. The molecule has 38 heavy (non-hydrogen) atoms. The number of hydrogen-bond donors (Lipinski definition) is 4. The van der Waals surface area contributed by atoms with E-state index in [9.17, 15) is 14.4 Å². The zero-order chi connectivity index (χ0) is 26.8. The molecule has 10 heteroatoms. The minimum Gasteiger partial charge on any atom is -0.349 e. The lowest BCUT2D eigenvalue weighted by atomic mass is 10.0. The molecular weight excluding hydrogens is 550 g/mol. The highest BCUT2D eigenvalue weighted by Crippen LogP contribution is 2.30. The van der Waals surface area contributed by atoms with Gasteiger partial charge in [0.05, 0.1) is 23.3 Å². The Morgan fingerprint density at radius 1 is 0.974 bits per heavy atom. The summed E-state index contributed by atoms with van der Waals surface area (Å²) in [6.45, 7) is 4.26. The first-order chi connectivity index (χ1) is 18.3. The number of aromatic nitrogens is 3. The molecule has 192 valence electrons. The van der Waals surface area contributed by atoms with Gasteiger partial charge in [0.1, 0.15) is 5.69 Å². The van der Waals surface area contributed by atoms with E-state index in [0.717, 1.165) is 15.4 Å². The van der Waals surface area contributed by atoms with Crippen LogP contribution >= 0.6 is 15.9 Å². The normalized spacial score (nSPS) is 11.2. The largest absolute Gasteiger partial charge is 0.439 e. The molecule has 0 aliphatic heterocycles. The molecule has 0 aliphatic carbocycles. The highest BCUT2D eigenvalue weighted by Gasteiger charge is 2.17. The number of halogens is 1. The standard InChI is InChI=1S/C28H24BrN5O4/c1-15(2)17-8-6-16(7-9-17)12-24(35)30-22-5-3-4-18-13-23(31-25(18)22)27(36)32-21-11-10-19(29)14-20(21)26-33-28(37)38-34-26/h3-11,13-15,31H,12H2,1-2H3,(H,30,35)(H,32,36)(H,33,34,37). The van der Waals surface area contributed by atoms with E-state index in [0.29, 0.717) is 34.1 Å². The minimum atomic E-state index is -0.699. The van der Waals surface area contributed by atoms with Crippen molar-refractivity contribution >= 4 is 50.0 Å². The summed E-state index contributed by atoms with van der Waals surface area (Å²) >= 11 is 3.39. The molecule has 5 rings (SSSR count). The fourth-order valence-corrected chi connectivity index (χ4v) is 4.50. The van der Waals surface area contributed by atoms with Crippen LogP contribution in [0.2, 0.25) is 0 Å². The average Bonchev–Trinajstić information content (AvgIpc) is 3.52. The molecule has 0 saturated carbocycles. The van der Waals surface area contributed by atoms with Gasteiger partial charge in [-0.15, -0.1) is 0 Å². The van der Waals surface area contributed by atoms with Crippen molar-refractivity contribution in [1.29, 1.82) is 0 Å². The Morgan fingerprint density at radius 3 is 2.47 bits per heavy atom. The SMILES string of the molecule is CC(C)c1ccc(CC(=O)Nc2cccc3cc(C(=O)Nc4ccc(Br)cc4-c4noc(=O)[nH]4)[nH]c23)cc1. The second-order valence-electron chi connectivity index (χ2n) is 9.16. The topological polar surface area (TPSA) is 133 Å². The zero-order valence-electron chi connectivity index (χ0n) is 20.6. The van der Waals surface area contributed by atoms with E-state index < -0.39 is 11.7 Å². The number of para-hydroxylation sites is 1. The van der Waals surface area contributed by atoms with E-state index in [1.807, 2.05) is 36.4 Å². The summed E-state index contributed by atoms with van der Waals surface area (Å²) in [6, 6.07) is 20.3. The van der Waals surface area contributed by atoms with Crippen LogP contribution in [0.1, 0.15) is 41.4 Å². The van der Waals surface area contributed by atoms with Crippen LogP contribution in [0.5, 0.6) is 0 Å². The van der Waals surface area contributed by atoms with E-state index in [1.165, 1.54) is 5.56 Å². The number of rotatable bonds is 7. The summed E-state index contributed by atoms with van der Waals surface area (Å²) in [5.74, 6) is -0.645. The Morgan fingerprint density at radius 2 is 1.76 bits per heavy atom. The Bertz CT molecular complexity index is 1700. The number of nitrogens with zero attached hydrogens (tertiary/aromatic N) is 1. The van der Waals surface area contributed by atoms with E-state index in [4.69, 9.17) is 0 Å². The Labute approximate surface area is 225 Å². The number of carbonyl (C=O) groups is 2. The fourth-order valence-electron chi connectivity index (χ4n) is 4.14. The maximum Gasteiger partial charge on any atom is 0.439 e. The molecule has 2 amide bonds. The number of amides is 2. The summed E-state index contributed by atoms with van der Waals surface area (Å²) in [5.41, 5.74) is 4.56. The molecule has 0 unspecified atom stereocenters. The number of nitrogens with one attached hydrogen (secondary N) is 4. The number of anilines is 2. The second kappa shape index (κ2) is 10.5. The Kier molecular flexibility index (Phi) is 6.97. The van der Waals surface area contributed by atoms with Gasteiger partial charge in [-0.2, -0.15) is 0 Å². The highest BCUT2D eigenvalue weighted by atomic mass is 79.9. The van der Waals surface area contributed by atoms with Crippen LogP contribution in [-0.2, 0) is 11.2 Å². The van der Waals surface area contributed by atoms with E-state index in [2.05, 4.69) is 60.1 Å². The molecule has 0 fully saturated rings. The molecule has 0 aliphatic rings. The van der Waals surface area contributed by atoms with Crippen molar-refractivity contribution in [1.82, 2.24) is 15.1 Å². The maximum absolute atomic E-state index is 13.2. The van der Waals surface area contributed by atoms with Crippen molar-refractivity contribution < 1.29 is 14.1 Å². The molecule has 0 bridgehead atoms. The van der Waals surface area contributed by atoms with Crippen LogP contribution in [0.25, 0.3) is 22.3 Å². The van der Waals surface area contributed by atoms with Gasteiger partial charge in [-0.1, -0.05) is 71.3 Å². The Hall–Kier alpha value is -4.44. The van der Waals surface area contributed by atoms with Crippen LogP contribution in [0.15, 0.2) is 80.5 Å². The number of carbonyl (C=O) groups excluding carboxylic acids is 2. The lowest BCUT2D eigenvalue weighted by Crippen LogP contribution is -2.15. The van der Waals surface area contributed by atoms with Crippen LogP contribution in [0.4, 0.5) is 11.4 Å². The molecule has 4 N–H and O–H groups in total. The van der Waals surface area contributed by atoms with Gasteiger partial charge in [0.25, 0.3) is 5.91 Å². The summed E-state index contributed by atoms with van der Waals surface area (Å²) in [7, 11) is 0. The summed E-state index contributed by atoms with van der Waals surface area (Å²) in [5, 5.41) is 10.3. The van der Waals surface area contributed by atoms with Gasteiger partial charge in [-0.05, 0) is 47.4 Å². The third kappa shape index (κ3) is 5.45. The molecular formula is C28H24BrN5O4. The molecule has 0 radical (unpaired) electrons. The molecule has 0 spiro atoms. The van der Waals surface area contributed by atoms with Crippen LogP contribution < -0.4 is 16.4 Å². The van der Waals surface area contributed by atoms with Crippen molar-refractivity contribution in [3.63, 3.8) is 0 Å². The van der Waals surface area contributed by atoms with Gasteiger partial charge in [0.15, 0.2) is 5.82 Å². The molecule has 9 nitrogen and oxygen atoms in total. The molecule has 0 saturated heterocycles.